The quantitative estimate of drug-likeness (QED) is 0.568. The van der Waals surface area contributed by atoms with Crippen LogP contribution in [0.2, 0.25) is 0 Å². The third kappa shape index (κ3) is 8.84. The summed E-state index contributed by atoms with van der Waals surface area (Å²) in [4.78, 5) is 37.7. The Morgan fingerprint density at radius 3 is 2.30 bits per heavy atom. The zero-order valence-corrected chi connectivity index (χ0v) is 18.4. The lowest BCUT2D eigenvalue weighted by atomic mass is 10.0. The van der Waals surface area contributed by atoms with Gasteiger partial charge in [-0.15, -0.1) is 0 Å². The Bertz CT molecular complexity index is 710. The fraction of sp³-hybridized carbons (Fsp3) is 0.609. The number of amides is 2. The maximum Gasteiger partial charge on any atom is 0.408 e. The van der Waals surface area contributed by atoms with Crippen molar-refractivity contribution >= 4 is 18.0 Å². The summed E-state index contributed by atoms with van der Waals surface area (Å²) in [7, 11) is 0. The number of alkyl carbamates (subject to hydrolysis) is 1. The molecule has 0 aromatic heterocycles. The summed E-state index contributed by atoms with van der Waals surface area (Å²) in [6.45, 7) is 7.26. The Kier molecular flexibility index (Phi) is 8.69. The highest BCUT2D eigenvalue weighted by atomic mass is 16.6. The van der Waals surface area contributed by atoms with E-state index in [1.807, 2.05) is 30.3 Å². The predicted octanol–water partition coefficient (Wildman–Crippen LogP) is 3.36. The van der Waals surface area contributed by atoms with Crippen molar-refractivity contribution in [3.63, 3.8) is 0 Å². The zero-order chi connectivity index (χ0) is 22.1. The molecule has 7 heteroatoms. The molecular formula is C23H34N2O5. The van der Waals surface area contributed by atoms with Crippen molar-refractivity contribution in [1.82, 2.24) is 10.6 Å². The van der Waals surface area contributed by atoms with E-state index in [0.29, 0.717) is 12.3 Å². The van der Waals surface area contributed by atoms with E-state index in [2.05, 4.69) is 10.6 Å². The Morgan fingerprint density at radius 2 is 1.73 bits per heavy atom. The van der Waals surface area contributed by atoms with Crippen LogP contribution in [0.4, 0.5) is 4.79 Å². The largest absolute Gasteiger partial charge is 0.464 e. The number of hydrogen-bond donors (Lipinski definition) is 2. The Morgan fingerprint density at radius 1 is 1.07 bits per heavy atom. The highest BCUT2D eigenvalue weighted by molar-refractivity contribution is 5.89. The van der Waals surface area contributed by atoms with Crippen LogP contribution < -0.4 is 10.6 Å². The molecule has 0 bridgehead atoms. The average Bonchev–Trinajstić information content (AvgIpc) is 3.48. The normalized spacial score (nSPS) is 15.6. The van der Waals surface area contributed by atoms with Gasteiger partial charge in [-0.2, -0.15) is 0 Å². The van der Waals surface area contributed by atoms with E-state index in [1.165, 1.54) is 12.8 Å². The minimum atomic E-state index is -0.875. The molecule has 1 saturated carbocycles. The molecule has 0 heterocycles. The van der Waals surface area contributed by atoms with E-state index >= 15 is 0 Å². The number of nitrogens with one attached hydrogen (secondary N) is 2. The molecule has 1 aromatic rings. The van der Waals surface area contributed by atoms with E-state index in [4.69, 9.17) is 9.47 Å². The second kappa shape index (κ2) is 11.0. The van der Waals surface area contributed by atoms with Gasteiger partial charge in [0.25, 0.3) is 0 Å². The number of rotatable bonds is 10. The van der Waals surface area contributed by atoms with Gasteiger partial charge in [-0.1, -0.05) is 43.2 Å². The first-order valence-corrected chi connectivity index (χ1v) is 10.7. The monoisotopic (exact) mass is 418 g/mol. The van der Waals surface area contributed by atoms with Gasteiger partial charge in [0.1, 0.15) is 17.7 Å². The van der Waals surface area contributed by atoms with E-state index in [0.717, 1.165) is 12.0 Å². The van der Waals surface area contributed by atoms with E-state index in [9.17, 15) is 14.4 Å². The lowest BCUT2D eigenvalue weighted by Crippen LogP contribution is -2.53. The lowest BCUT2D eigenvalue weighted by molar-refractivity contribution is -0.147. The van der Waals surface area contributed by atoms with Crippen molar-refractivity contribution in [1.29, 1.82) is 0 Å². The molecule has 1 aliphatic rings. The molecule has 1 unspecified atom stereocenters. The van der Waals surface area contributed by atoms with Crippen LogP contribution in [0.3, 0.4) is 0 Å². The second-order valence-corrected chi connectivity index (χ2v) is 8.72. The minimum Gasteiger partial charge on any atom is -0.464 e. The summed E-state index contributed by atoms with van der Waals surface area (Å²) in [5.41, 5.74) is 0.203. The molecule has 7 nitrogen and oxygen atoms in total. The van der Waals surface area contributed by atoms with Crippen LogP contribution in [-0.4, -0.2) is 42.3 Å². The molecule has 2 N–H and O–H groups in total. The maximum atomic E-state index is 13.0. The van der Waals surface area contributed by atoms with Crippen molar-refractivity contribution < 1.29 is 23.9 Å². The molecule has 0 spiro atoms. The van der Waals surface area contributed by atoms with Gasteiger partial charge in [0, 0.05) is 6.42 Å². The SMILES string of the molecule is CCOC(=O)C(CCC1CC1)NC(=O)[C@@H](Cc1ccccc1)NC(=O)OC(C)(C)C. The summed E-state index contributed by atoms with van der Waals surface area (Å²) in [6.07, 6.45) is 3.33. The van der Waals surface area contributed by atoms with Crippen LogP contribution in [0.1, 0.15) is 58.9 Å². The average molecular weight is 419 g/mol. The molecule has 0 saturated heterocycles. The van der Waals surface area contributed by atoms with Crippen molar-refractivity contribution in [2.75, 3.05) is 6.61 Å². The molecule has 0 radical (unpaired) electrons. The van der Waals surface area contributed by atoms with Crippen molar-refractivity contribution in [3.8, 4) is 0 Å². The summed E-state index contributed by atoms with van der Waals surface area (Å²) in [5.74, 6) is -0.250. The zero-order valence-electron chi connectivity index (χ0n) is 18.4. The topological polar surface area (TPSA) is 93.7 Å². The molecule has 30 heavy (non-hydrogen) atoms. The molecule has 1 fully saturated rings. The van der Waals surface area contributed by atoms with Crippen LogP contribution in [0.5, 0.6) is 0 Å². The summed E-state index contributed by atoms with van der Waals surface area (Å²) >= 11 is 0. The third-order valence-electron chi connectivity index (χ3n) is 4.74. The molecule has 2 atom stereocenters. The van der Waals surface area contributed by atoms with Gasteiger partial charge in [-0.3, -0.25) is 4.79 Å². The van der Waals surface area contributed by atoms with Gasteiger partial charge in [-0.05, 0) is 52.0 Å². The Hall–Kier alpha value is -2.57. The number of carbonyl (C=O) groups excluding carboxylic acids is 3. The summed E-state index contributed by atoms with van der Waals surface area (Å²) in [5, 5.41) is 5.44. The highest BCUT2D eigenvalue weighted by Gasteiger charge is 2.31. The number of esters is 1. The maximum absolute atomic E-state index is 13.0. The lowest BCUT2D eigenvalue weighted by Gasteiger charge is -2.25. The fourth-order valence-corrected chi connectivity index (χ4v) is 3.08. The minimum absolute atomic E-state index is 0.248. The first-order valence-electron chi connectivity index (χ1n) is 10.7. The van der Waals surface area contributed by atoms with Crippen molar-refractivity contribution in [2.45, 2.75) is 77.5 Å². The molecule has 1 aliphatic carbocycles. The standard InChI is InChI=1S/C23H34N2O5/c1-5-29-21(27)18(14-13-16-11-12-16)24-20(26)19(15-17-9-7-6-8-10-17)25-22(28)30-23(2,3)4/h6-10,16,18-19H,5,11-15H2,1-4H3,(H,24,26)(H,25,28)/t18?,19-/m1/s1. The van der Waals surface area contributed by atoms with Gasteiger partial charge in [0.2, 0.25) is 5.91 Å². The van der Waals surface area contributed by atoms with Crippen LogP contribution in [0, 0.1) is 5.92 Å². The van der Waals surface area contributed by atoms with Gasteiger partial charge in [-0.25, -0.2) is 9.59 Å². The highest BCUT2D eigenvalue weighted by Crippen LogP contribution is 2.34. The number of ether oxygens (including phenoxy) is 2. The second-order valence-electron chi connectivity index (χ2n) is 8.72. The van der Waals surface area contributed by atoms with Gasteiger partial charge >= 0.3 is 12.1 Å². The van der Waals surface area contributed by atoms with Crippen LogP contribution >= 0.6 is 0 Å². The number of hydrogen-bond acceptors (Lipinski definition) is 5. The molecule has 0 aliphatic heterocycles. The summed E-state index contributed by atoms with van der Waals surface area (Å²) < 4.78 is 10.4. The van der Waals surface area contributed by atoms with E-state index in [-0.39, 0.29) is 13.0 Å². The molecular weight excluding hydrogens is 384 g/mol. The van der Waals surface area contributed by atoms with E-state index in [1.54, 1.807) is 27.7 Å². The Balaban J connectivity index is 2.09. The third-order valence-corrected chi connectivity index (χ3v) is 4.74. The fourth-order valence-electron chi connectivity index (χ4n) is 3.08. The van der Waals surface area contributed by atoms with Gasteiger partial charge in [0.05, 0.1) is 6.61 Å². The molecule has 2 amide bonds. The predicted molar refractivity (Wildman–Crippen MR) is 114 cm³/mol. The molecule has 2 rings (SSSR count). The molecule has 1 aromatic carbocycles. The van der Waals surface area contributed by atoms with Gasteiger partial charge in [0.15, 0.2) is 0 Å². The molecule has 166 valence electrons. The first kappa shape index (κ1) is 23.7. The van der Waals surface area contributed by atoms with Crippen molar-refractivity contribution in [2.24, 2.45) is 5.92 Å². The first-order chi connectivity index (χ1) is 14.2. The van der Waals surface area contributed by atoms with Crippen LogP contribution in [-0.2, 0) is 25.5 Å². The van der Waals surface area contributed by atoms with Crippen LogP contribution in [0.25, 0.3) is 0 Å². The Labute approximate surface area is 178 Å². The number of carbonyl (C=O) groups is 3. The van der Waals surface area contributed by atoms with Crippen LogP contribution in [0.15, 0.2) is 30.3 Å². The van der Waals surface area contributed by atoms with E-state index < -0.39 is 35.7 Å². The summed E-state index contributed by atoms with van der Waals surface area (Å²) in [6, 6.07) is 7.79. The van der Waals surface area contributed by atoms with Crippen molar-refractivity contribution in [3.05, 3.63) is 35.9 Å². The van der Waals surface area contributed by atoms with Gasteiger partial charge < -0.3 is 20.1 Å². The smallest absolute Gasteiger partial charge is 0.408 e. The number of benzene rings is 1.